The van der Waals surface area contributed by atoms with Gasteiger partial charge in [-0.05, 0) is 36.8 Å². The van der Waals surface area contributed by atoms with Gasteiger partial charge in [0.1, 0.15) is 12.4 Å². The highest BCUT2D eigenvalue weighted by molar-refractivity contribution is 5.77. The number of nitrogens with one attached hydrogen (secondary N) is 1. The third-order valence-electron chi connectivity index (χ3n) is 4.23. The van der Waals surface area contributed by atoms with Crippen LogP contribution >= 0.6 is 0 Å². The lowest BCUT2D eigenvalue weighted by Gasteiger charge is -2.15. The lowest BCUT2D eigenvalue weighted by atomic mass is 10.0. The molecule has 1 atom stereocenters. The molecule has 0 unspecified atom stereocenters. The summed E-state index contributed by atoms with van der Waals surface area (Å²) in [5.74, 6) is 1.17. The monoisotopic (exact) mass is 315 g/mol. The van der Waals surface area contributed by atoms with Gasteiger partial charge in [-0.15, -0.1) is 0 Å². The molecule has 122 valence electrons. The molecule has 1 N–H and O–H groups in total. The quantitative estimate of drug-likeness (QED) is 0.917. The van der Waals surface area contributed by atoms with Gasteiger partial charge in [0.15, 0.2) is 0 Å². The first-order valence-electron chi connectivity index (χ1n) is 7.67. The number of hydrogen-bond donors (Lipinski definition) is 1. The van der Waals surface area contributed by atoms with Crippen molar-refractivity contribution in [3.8, 4) is 17.0 Å². The van der Waals surface area contributed by atoms with Crippen molar-refractivity contribution in [1.82, 2.24) is 15.1 Å². The van der Waals surface area contributed by atoms with E-state index in [1.807, 2.05) is 29.2 Å². The van der Waals surface area contributed by atoms with Gasteiger partial charge in [0, 0.05) is 37.4 Å². The summed E-state index contributed by atoms with van der Waals surface area (Å²) < 4.78 is 10.1. The molecule has 0 radical (unpaired) electrons. The topological polar surface area (TPSA) is 67.4 Å². The maximum Gasteiger partial charge on any atom is 0.248 e. The molecule has 0 saturated carbocycles. The van der Waals surface area contributed by atoms with E-state index in [1.54, 1.807) is 14.2 Å². The molecule has 1 aliphatic rings. The summed E-state index contributed by atoms with van der Waals surface area (Å²) in [7, 11) is 3.19. The Morgan fingerprint density at radius 2 is 2.13 bits per heavy atom. The molecule has 6 heteroatoms. The second kappa shape index (κ2) is 6.83. The van der Waals surface area contributed by atoms with E-state index < -0.39 is 0 Å². The largest absolute Gasteiger partial charge is 0.497 e. The van der Waals surface area contributed by atoms with Crippen molar-refractivity contribution in [3.63, 3.8) is 0 Å². The number of nitrogens with zero attached hydrogens (tertiary/aromatic N) is 2. The fourth-order valence-electron chi connectivity index (χ4n) is 2.91. The molecule has 6 nitrogen and oxygen atoms in total. The molecule has 0 aliphatic carbocycles. The molecule has 1 aliphatic heterocycles. The molecule has 1 aromatic carbocycles. The summed E-state index contributed by atoms with van der Waals surface area (Å²) in [4.78, 5) is 13.7. The van der Waals surface area contributed by atoms with Crippen molar-refractivity contribution < 1.29 is 14.3 Å². The van der Waals surface area contributed by atoms with Gasteiger partial charge < -0.3 is 14.4 Å². The van der Waals surface area contributed by atoms with E-state index in [0.717, 1.165) is 35.7 Å². The van der Waals surface area contributed by atoms with Gasteiger partial charge in [-0.2, -0.15) is 5.10 Å². The number of hydrogen-bond acceptors (Lipinski definition) is 4. The molecule has 3 rings (SSSR count). The number of rotatable bonds is 5. The summed E-state index contributed by atoms with van der Waals surface area (Å²) in [6.07, 6.45) is 0.944. The van der Waals surface area contributed by atoms with Crippen molar-refractivity contribution in [1.29, 1.82) is 0 Å². The molecule has 2 heterocycles. The Morgan fingerprint density at radius 1 is 1.35 bits per heavy atom. The van der Waals surface area contributed by atoms with Gasteiger partial charge in [-0.1, -0.05) is 0 Å². The van der Waals surface area contributed by atoms with Crippen LogP contribution in [0.5, 0.6) is 5.75 Å². The molecule has 0 bridgehead atoms. The fraction of sp³-hybridized carbons (Fsp3) is 0.412. The van der Waals surface area contributed by atoms with Gasteiger partial charge >= 0.3 is 0 Å². The number of methoxy groups -OCH3 is 2. The van der Waals surface area contributed by atoms with Gasteiger partial charge in [0.25, 0.3) is 0 Å². The van der Waals surface area contributed by atoms with E-state index in [4.69, 9.17) is 9.47 Å². The van der Waals surface area contributed by atoms with Crippen LogP contribution in [0.2, 0.25) is 0 Å². The molecular formula is C17H21N3O3. The number of H-pyrrole nitrogens is 1. The number of benzene rings is 1. The van der Waals surface area contributed by atoms with Crippen molar-refractivity contribution in [3.05, 3.63) is 36.0 Å². The number of aromatic amines is 1. The molecule has 0 spiro atoms. The maximum absolute atomic E-state index is 11.9. The second-order valence-electron chi connectivity index (χ2n) is 5.70. The first-order valence-corrected chi connectivity index (χ1v) is 7.67. The normalized spacial score (nSPS) is 17.5. The van der Waals surface area contributed by atoms with Gasteiger partial charge in [-0.25, -0.2) is 0 Å². The second-order valence-corrected chi connectivity index (χ2v) is 5.70. The number of ether oxygens (including phenoxy) is 2. The lowest BCUT2D eigenvalue weighted by molar-refractivity contribution is -0.134. The Kier molecular flexibility index (Phi) is 4.62. The van der Waals surface area contributed by atoms with E-state index >= 15 is 0 Å². The van der Waals surface area contributed by atoms with E-state index in [2.05, 4.69) is 16.3 Å². The Balaban J connectivity index is 1.68. The average molecular weight is 315 g/mol. The van der Waals surface area contributed by atoms with Gasteiger partial charge in [0.05, 0.1) is 12.8 Å². The van der Waals surface area contributed by atoms with Crippen LogP contribution < -0.4 is 4.74 Å². The number of likely N-dealkylation sites (tertiary alicyclic amines) is 1. The molecule has 1 fully saturated rings. The molecule has 1 saturated heterocycles. The summed E-state index contributed by atoms with van der Waals surface area (Å²) in [6, 6.07) is 9.88. The van der Waals surface area contributed by atoms with E-state index in [9.17, 15) is 4.79 Å². The van der Waals surface area contributed by atoms with Crippen molar-refractivity contribution >= 4 is 5.91 Å². The number of aromatic nitrogens is 2. The van der Waals surface area contributed by atoms with Crippen LogP contribution in [0.15, 0.2) is 30.3 Å². The summed E-state index contributed by atoms with van der Waals surface area (Å²) in [5, 5.41) is 7.51. The Labute approximate surface area is 135 Å². The summed E-state index contributed by atoms with van der Waals surface area (Å²) >= 11 is 0. The summed E-state index contributed by atoms with van der Waals surface area (Å²) in [6.45, 7) is 1.63. The molecule has 2 aromatic rings. The van der Waals surface area contributed by atoms with Crippen molar-refractivity contribution in [2.45, 2.75) is 12.3 Å². The zero-order valence-electron chi connectivity index (χ0n) is 13.4. The smallest absolute Gasteiger partial charge is 0.248 e. The third-order valence-corrected chi connectivity index (χ3v) is 4.23. The minimum absolute atomic E-state index is 0.0462. The number of carbonyl (C=O) groups excluding carboxylic acids is 1. The SMILES string of the molecule is COCC(=O)N1CC[C@H](c2cc(-c3ccc(OC)cc3)n[nH]2)C1. The molecule has 1 aromatic heterocycles. The molecule has 23 heavy (non-hydrogen) atoms. The van der Waals surface area contributed by atoms with Crippen LogP contribution in [0, 0.1) is 0 Å². The van der Waals surface area contributed by atoms with Crippen LogP contribution in [-0.4, -0.2) is 54.9 Å². The Bertz CT molecular complexity index is 666. The predicted molar refractivity (Wildman–Crippen MR) is 86.4 cm³/mol. The molecular weight excluding hydrogens is 294 g/mol. The maximum atomic E-state index is 11.9. The number of amides is 1. The van der Waals surface area contributed by atoms with Gasteiger partial charge in [0.2, 0.25) is 5.91 Å². The first-order chi connectivity index (χ1) is 11.2. The fourth-order valence-corrected chi connectivity index (χ4v) is 2.91. The van der Waals surface area contributed by atoms with Crippen LogP contribution in [-0.2, 0) is 9.53 Å². The van der Waals surface area contributed by atoms with Crippen molar-refractivity contribution in [2.75, 3.05) is 33.9 Å². The van der Waals surface area contributed by atoms with Crippen LogP contribution in [0.1, 0.15) is 18.0 Å². The van der Waals surface area contributed by atoms with Crippen molar-refractivity contribution in [2.24, 2.45) is 0 Å². The average Bonchev–Trinajstić information content (AvgIpc) is 3.24. The highest BCUT2D eigenvalue weighted by Crippen LogP contribution is 2.29. The van der Waals surface area contributed by atoms with E-state index in [-0.39, 0.29) is 12.5 Å². The van der Waals surface area contributed by atoms with Crippen LogP contribution in [0.3, 0.4) is 0 Å². The van der Waals surface area contributed by atoms with Crippen LogP contribution in [0.4, 0.5) is 0 Å². The minimum Gasteiger partial charge on any atom is -0.497 e. The number of carbonyl (C=O) groups is 1. The third kappa shape index (κ3) is 3.37. The Hall–Kier alpha value is -2.34. The highest BCUT2D eigenvalue weighted by Gasteiger charge is 2.28. The highest BCUT2D eigenvalue weighted by atomic mass is 16.5. The van der Waals surface area contributed by atoms with Crippen LogP contribution in [0.25, 0.3) is 11.3 Å². The van der Waals surface area contributed by atoms with E-state index in [0.29, 0.717) is 12.5 Å². The standard InChI is InChI=1S/C17H21N3O3/c1-22-11-17(21)20-8-7-13(10-20)16-9-15(18-19-16)12-3-5-14(23-2)6-4-12/h3-6,9,13H,7-8,10-11H2,1-2H3,(H,18,19)/t13-/m0/s1. The predicted octanol–water partition coefficient (Wildman–Crippen LogP) is 2.05. The van der Waals surface area contributed by atoms with E-state index in [1.165, 1.54) is 0 Å². The Morgan fingerprint density at radius 3 is 2.83 bits per heavy atom. The zero-order chi connectivity index (χ0) is 16.2. The molecule has 1 amide bonds. The summed E-state index contributed by atoms with van der Waals surface area (Å²) in [5.41, 5.74) is 3.02. The van der Waals surface area contributed by atoms with Gasteiger partial charge in [-0.3, -0.25) is 9.89 Å². The minimum atomic E-state index is 0.0462. The first kappa shape index (κ1) is 15.6. The lowest BCUT2D eigenvalue weighted by Crippen LogP contribution is -2.31. The zero-order valence-corrected chi connectivity index (χ0v) is 13.4.